The lowest BCUT2D eigenvalue weighted by Gasteiger charge is -2.34. The van der Waals surface area contributed by atoms with Crippen LogP contribution in [0.4, 0.5) is 0 Å². The molecule has 1 aliphatic rings. The van der Waals surface area contributed by atoms with Gasteiger partial charge in [-0.05, 0) is 36.0 Å². The fourth-order valence-electron chi connectivity index (χ4n) is 3.51. The van der Waals surface area contributed by atoms with Gasteiger partial charge in [-0.25, -0.2) is 4.79 Å². The van der Waals surface area contributed by atoms with Crippen molar-refractivity contribution in [3.63, 3.8) is 0 Å². The van der Waals surface area contributed by atoms with Crippen molar-refractivity contribution in [3.05, 3.63) is 71.3 Å². The Hall–Kier alpha value is -2.66. The van der Waals surface area contributed by atoms with Crippen LogP contribution in [0.5, 0.6) is 0 Å². The zero-order chi connectivity index (χ0) is 19.1. The summed E-state index contributed by atoms with van der Waals surface area (Å²) >= 11 is 0. The van der Waals surface area contributed by atoms with E-state index in [0.717, 1.165) is 17.5 Å². The molecule has 5 heteroatoms. The van der Waals surface area contributed by atoms with Crippen molar-refractivity contribution in [2.75, 3.05) is 19.8 Å². The van der Waals surface area contributed by atoms with Gasteiger partial charge in [0.25, 0.3) is 0 Å². The molecule has 0 spiro atoms. The summed E-state index contributed by atoms with van der Waals surface area (Å²) in [6.45, 7) is 1.56. The van der Waals surface area contributed by atoms with E-state index in [2.05, 4.69) is 12.1 Å². The third-order valence-electron chi connectivity index (χ3n) is 4.89. The molecule has 1 N–H and O–H groups in total. The lowest BCUT2D eigenvalue weighted by atomic mass is 9.92. The highest BCUT2D eigenvalue weighted by Crippen LogP contribution is 2.30. The summed E-state index contributed by atoms with van der Waals surface area (Å²) in [7, 11) is 0. The van der Waals surface area contributed by atoms with Gasteiger partial charge in [0.1, 0.15) is 0 Å². The van der Waals surface area contributed by atoms with Gasteiger partial charge in [0.2, 0.25) is 5.91 Å². The normalized spacial score (nSPS) is 16.0. The first-order valence-corrected chi connectivity index (χ1v) is 9.38. The zero-order valence-electron chi connectivity index (χ0n) is 15.3. The van der Waals surface area contributed by atoms with Gasteiger partial charge in [-0.2, -0.15) is 0 Å². The molecule has 1 atom stereocenters. The topological polar surface area (TPSA) is 66.8 Å². The smallest absolute Gasteiger partial charge is 0.331 e. The van der Waals surface area contributed by atoms with Crippen molar-refractivity contribution >= 4 is 11.9 Å². The molecule has 0 saturated carbocycles. The van der Waals surface area contributed by atoms with Crippen LogP contribution in [0.2, 0.25) is 0 Å². The SMILES string of the molecule is O=C(O)C1c2ccccc2CCN1C(=O)CCCOCCc1ccccc1. The van der Waals surface area contributed by atoms with Crippen LogP contribution in [0.25, 0.3) is 0 Å². The fraction of sp³-hybridized carbons (Fsp3) is 0.364. The number of amides is 1. The molecule has 0 fully saturated rings. The highest BCUT2D eigenvalue weighted by molar-refractivity contribution is 5.85. The summed E-state index contributed by atoms with van der Waals surface area (Å²) < 4.78 is 5.62. The lowest BCUT2D eigenvalue weighted by Crippen LogP contribution is -2.43. The molecule has 1 unspecified atom stereocenters. The number of fused-ring (bicyclic) bond motifs is 1. The van der Waals surface area contributed by atoms with E-state index >= 15 is 0 Å². The molecule has 1 amide bonds. The van der Waals surface area contributed by atoms with E-state index in [0.29, 0.717) is 39.0 Å². The molecule has 0 aromatic heterocycles. The number of rotatable bonds is 8. The van der Waals surface area contributed by atoms with Gasteiger partial charge >= 0.3 is 5.97 Å². The maximum atomic E-state index is 12.6. The van der Waals surface area contributed by atoms with Gasteiger partial charge in [-0.1, -0.05) is 54.6 Å². The minimum atomic E-state index is -0.977. The van der Waals surface area contributed by atoms with Crippen LogP contribution >= 0.6 is 0 Å². The summed E-state index contributed by atoms with van der Waals surface area (Å²) in [5.41, 5.74) is 2.96. The number of carbonyl (C=O) groups excluding carboxylic acids is 1. The van der Waals surface area contributed by atoms with Crippen LogP contribution < -0.4 is 0 Å². The Balaban J connectivity index is 1.45. The summed E-state index contributed by atoms with van der Waals surface area (Å²) in [5.74, 6) is -1.10. The van der Waals surface area contributed by atoms with E-state index < -0.39 is 12.0 Å². The molecule has 3 rings (SSSR count). The predicted molar refractivity (Wildman–Crippen MR) is 102 cm³/mol. The molecular formula is C22H25NO4. The second kappa shape index (κ2) is 9.33. The fourth-order valence-corrected chi connectivity index (χ4v) is 3.51. The maximum Gasteiger partial charge on any atom is 0.331 e. The average molecular weight is 367 g/mol. The first-order valence-electron chi connectivity index (χ1n) is 9.38. The van der Waals surface area contributed by atoms with E-state index in [9.17, 15) is 14.7 Å². The summed E-state index contributed by atoms with van der Waals surface area (Å²) in [4.78, 5) is 25.8. The summed E-state index contributed by atoms with van der Waals surface area (Å²) in [6.07, 6.45) is 2.44. The van der Waals surface area contributed by atoms with E-state index in [-0.39, 0.29) is 5.91 Å². The van der Waals surface area contributed by atoms with Crippen LogP contribution in [0.3, 0.4) is 0 Å². The molecule has 2 aromatic carbocycles. The Morgan fingerprint density at radius 2 is 1.78 bits per heavy atom. The summed E-state index contributed by atoms with van der Waals surface area (Å²) in [5, 5.41) is 9.64. The van der Waals surface area contributed by atoms with Crippen molar-refractivity contribution in [2.24, 2.45) is 0 Å². The standard InChI is InChI=1S/C22H25NO4/c24-20(11-6-15-27-16-13-17-7-2-1-3-8-17)23-14-12-18-9-4-5-10-19(18)21(23)22(25)26/h1-5,7-10,21H,6,11-16H2,(H,25,26). The Bertz CT molecular complexity index is 775. The quantitative estimate of drug-likeness (QED) is 0.728. The Morgan fingerprint density at radius 1 is 1.04 bits per heavy atom. The average Bonchev–Trinajstić information content (AvgIpc) is 2.70. The first-order chi connectivity index (χ1) is 13.2. The van der Waals surface area contributed by atoms with Gasteiger partial charge < -0.3 is 14.7 Å². The van der Waals surface area contributed by atoms with Gasteiger partial charge in [0, 0.05) is 19.6 Å². The highest BCUT2D eigenvalue weighted by Gasteiger charge is 2.35. The lowest BCUT2D eigenvalue weighted by molar-refractivity contribution is -0.151. The molecule has 1 heterocycles. The minimum absolute atomic E-state index is 0.122. The second-order valence-electron chi connectivity index (χ2n) is 6.73. The Morgan fingerprint density at radius 3 is 2.56 bits per heavy atom. The van der Waals surface area contributed by atoms with Crippen molar-refractivity contribution in [3.8, 4) is 0 Å². The van der Waals surface area contributed by atoms with E-state index in [4.69, 9.17) is 4.74 Å². The molecule has 0 bridgehead atoms. The van der Waals surface area contributed by atoms with Gasteiger partial charge in [0.15, 0.2) is 6.04 Å². The molecule has 0 aliphatic carbocycles. The minimum Gasteiger partial charge on any atom is -0.479 e. The number of ether oxygens (including phenoxy) is 1. The van der Waals surface area contributed by atoms with Crippen LogP contribution in [0.1, 0.15) is 35.6 Å². The van der Waals surface area contributed by atoms with Gasteiger partial charge in [-0.15, -0.1) is 0 Å². The Kier molecular flexibility index (Phi) is 6.60. The van der Waals surface area contributed by atoms with Crippen LogP contribution in [0, 0.1) is 0 Å². The van der Waals surface area contributed by atoms with Crippen molar-refractivity contribution in [1.29, 1.82) is 0 Å². The van der Waals surface area contributed by atoms with Crippen molar-refractivity contribution in [1.82, 2.24) is 4.90 Å². The zero-order valence-corrected chi connectivity index (χ0v) is 15.3. The molecule has 27 heavy (non-hydrogen) atoms. The second-order valence-corrected chi connectivity index (χ2v) is 6.73. The van der Waals surface area contributed by atoms with Crippen LogP contribution in [-0.4, -0.2) is 41.6 Å². The van der Waals surface area contributed by atoms with Gasteiger partial charge in [0.05, 0.1) is 6.61 Å². The van der Waals surface area contributed by atoms with Crippen LogP contribution in [-0.2, 0) is 27.2 Å². The molecule has 5 nitrogen and oxygen atoms in total. The molecule has 0 radical (unpaired) electrons. The number of carboxylic acid groups (broad SMARTS) is 1. The first kappa shape index (κ1) is 19.1. The monoisotopic (exact) mass is 367 g/mol. The number of hydrogen-bond donors (Lipinski definition) is 1. The number of benzene rings is 2. The number of carbonyl (C=O) groups is 2. The highest BCUT2D eigenvalue weighted by atomic mass is 16.5. The van der Waals surface area contributed by atoms with E-state index in [1.165, 1.54) is 10.5 Å². The van der Waals surface area contributed by atoms with Crippen LogP contribution in [0.15, 0.2) is 54.6 Å². The number of aliphatic carboxylic acids is 1. The van der Waals surface area contributed by atoms with Crippen molar-refractivity contribution < 1.29 is 19.4 Å². The molecule has 142 valence electrons. The summed E-state index contributed by atoms with van der Waals surface area (Å²) in [6, 6.07) is 16.7. The number of carboxylic acids is 1. The number of nitrogens with zero attached hydrogens (tertiary/aromatic N) is 1. The molecule has 0 saturated heterocycles. The largest absolute Gasteiger partial charge is 0.479 e. The Labute approximate surface area is 159 Å². The maximum absolute atomic E-state index is 12.6. The van der Waals surface area contributed by atoms with Crippen molar-refractivity contribution in [2.45, 2.75) is 31.7 Å². The van der Waals surface area contributed by atoms with E-state index in [1.807, 2.05) is 36.4 Å². The predicted octanol–water partition coefficient (Wildman–Crippen LogP) is 3.24. The van der Waals surface area contributed by atoms with E-state index in [1.54, 1.807) is 6.07 Å². The third-order valence-corrected chi connectivity index (χ3v) is 4.89. The van der Waals surface area contributed by atoms with Gasteiger partial charge in [-0.3, -0.25) is 4.79 Å². The molecular weight excluding hydrogens is 342 g/mol. The molecule has 1 aliphatic heterocycles. The third kappa shape index (κ3) is 4.95. The number of hydrogen-bond acceptors (Lipinski definition) is 3. The molecule has 2 aromatic rings.